The van der Waals surface area contributed by atoms with E-state index in [4.69, 9.17) is 18.3 Å². The van der Waals surface area contributed by atoms with Crippen LogP contribution >= 0.6 is 7.82 Å². The van der Waals surface area contributed by atoms with Crippen molar-refractivity contribution in [2.75, 3.05) is 20.8 Å². The molecule has 0 radical (unpaired) electrons. The van der Waals surface area contributed by atoms with Gasteiger partial charge < -0.3 is 9.26 Å². The first-order valence-electron chi connectivity index (χ1n) is 6.73. The number of aryl methyl sites for hydroxylation is 1. The standard InChI is InChI=1S/C15H21O6P/c1-6-20-14(16)10-9-13-8-7-11(2)12(3)15(13)21-22(17,18-4)19-5/h7-10H,6H2,1-5H3/b10-9+. The van der Waals surface area contributed by atoms with Gasteiger partial charge in [-0.1, -0.05) is 12.1 Å². The number of carbonyl (C=O) groups is 1. The molecule has 0 bridgehead atoms. The number of phosphoric acid groups is 1. The van der Waals surface area contributed by atoms with Crippen LogP contribution in [0.15, 0.2) is 18.2 Å². The summed E-state index contributed by atoms with van der Waals surface area (Å²) in [5.41, 5.74) is 2.30. The lowest BCUT2D eigenvalue weighted by Crippen LogP contribution is -2.02. The van der Waals surface area contributed by atoms with Gasteiger partial charge in [0.1, 0.15) is 5.75 Å². The van der Waals surface area contributed by atoms with E-state index in [0.717, 1.165) is 11.1 Å². The molecule has 1 aromatic carbocycles. The molecule has 1 aromatic rings. The van der Waals surface area contributed by atoms with Gasteiger partial charge in [-0.15, -0.1) is 0 Å². The second kappa shape index (κ2) is 8.13. The van der Waals surface area contributed by atoms with Crippen molar-refractivity contribution < 1.29 is 27.7 Å². The molecule has 0 amide bonds. The van der Waals surface area contributed by atoms with Gasteiger partial charge in [-0.3, -0.25) is 9.05 Å². The van der Waals surface area contributed by atoms with Crippen molar-refractivity contribution in [2.24, 2.45) is 0 Å². The Morgan fingerprint density at radius 2 is 1.86 bits per heavy atom. The van der Waals surface area contributed by atoms with Gasteiger partial charge in [0.25, 0.3) is 0 Å². The zero-order valence-electron chi connectivity index (χ0n) is 13.4. The van der Waals surface area contributed by atoms with Crippen molar-refractivity contribution in [2.45, 2.75) is 20.8 Å². The molecule has 0 N–H and O–H groups in total. The highest BCUT2D eigenvalue weighted by atomic mass is 31.2. The summed E-state index contributed by atoms with van der Waals surface area (Å²) < 4.78 is 32.1. The number of hydrogen-bond donors (Lipinski definition) is 0. The second-order valence-electron chi connectivity index (χ2n) is 4.41. The zero-order chi connectivity index (χ0) is 16.8. The molecule has 0 heterocycles. The van der Waals surface area contributed by atoms with E-state index in [1.54, 1.807) is 13.0 Å². The zero-order valence-corrected chi connectivity index (χ0v) is 14.3. The van der Waals surface area contributed by atoms with Crippen molar-refractivity contribution in [3.8, 4) is 5.75 Å². The normalized spacial score (nSPS) is 11.7. The average Bonchev–Trinajstić information content (AvgIpc) is 2.51. The van der Waals surface area contributed by atoms with E-state index in [1.165, 1.54) is 26.4 Å². The predicted octanol–water partition coefficient (Wildman–Crippen LogP) is 3.66. The molecule has 0 aliphatic carbocycles. The largest absolute Gasteiger partial charge is 0.529 e. The first-order valence-corrected chi connectivity index (χ1v) is 8.19. The Kier molecular flexibility index (Phi) is 6.81. The van der Waals surface area contributed by atoms with Gasteiger partial charge in [0, 0.05) is 25.9 Å². The van der Waals surface area contributed by atoms with Gasteiger partial charge in [-0.2, -0.15) is 0 Å². The van der Waals surface area contributed by atoms with E-state index in [0.29, 0.717) is 17.9 Å². The van der Waals surface area contributed by atoms with Crippen LogP contribution in [0.25, 0.3) is 6.08 Å². The highest BCUT2D eigenvalue weighted by molar-refractivity contribution is 7.48. The fourth-order valence-electron chi connectivity index (χ4n) is 1.67. The first-order chi connectivity index (χ1) is 10.4. The maximum Gasteiger partial charge on any atom is 0.529 e. The number of carbonyl (C=O) groups excluding carboxylic acids is 1. The van der Waals surface area contributed by atoms with E-state index >= 15 is 0 Å². The number of ether oxygens (including phenoxy) is 1. The molecule has 0 aliphatic rings. The molecule has 22 heavy (non-hydrogen) atoms. The van der Waals surface area contributed by atoms with Crippen LogP contribution < -0.4 is 4.52 Å². The topological polar surface area (TPSA) is 71.1 Å². The smallest absolute Gasteiger partial charge is 0.463 e. The number of benzene rings is 1. The third-order valence-electron chi connectivity index (χ3n) is 3.04. The van der Waals surface area contributed by atoms with Gasteiger partial charge in [0.15, 0.2) is 0 Å². The van der Waals surface area contributed by atoms with Gasteiger partial charge >= 0.3 is 13.8 Å². The molecule has 0 fully saturated rings. The molecule has 7 heteroatoms. The van der Waals surface area contributed by atoms with Crippen molar-refractivity contribution in [1.82, 2.24) is 0 Å². The maximum absolute atomic E-state index is 12.2. The van der Waals surface area contributed by atoms with Gasteiger partial charge in [-0.05, 0) is 38.0 Å². The van der Waals surface area contributed by atoms with Crippen LogP contribution in [0.3, 0.4) is 0 Å². The van der Waals surface area contributed by atoms with Crippen LogP contribution in [0.5, 0.6) is 5.75 Å². The van der Waals surface area contributed by atoms with E-state index in [1.807, 2.05) is 19.9 Å². The lowest BCUT2D eigenvalue weighted by atomic mass is 10.0. The van der Waals surface area contributed by atoms with Crippen molar-refractivity contribution in [1.29, 1.82) is 0 Å². The summed E-state index contributed by atoms with van der Waals surface area (Å²) >= 11 is 0. The number of rotatable bonds is 7. The number of hydrogen-bond acceptors (Lipinski definition) is 6. The van der Waals surface area contributed by atoms with Gasteiger partial charge in [0.05, 0.1) is 6.61 Å². The van der Waals surface area contributed by atoms with Gasteiger partial charge in [0.2, 0.25) is 0 Å². The Hall–Kier alpha value is -1.62. The Balaban J connectivity index is 3.21. The highest BCUT2D eigenvalue weighted by Gasteiger charge is 2.27. The molecule has 0 spiro atoms. The lowest BCUT2D eigenvalue weighted by molar-refractivity contribution is -0.137. The molecule has 6 nitrogen and oxygen atoms in total. The summed E-state index contributed by atoms with van der Waals surface area (Å²) in [6, 6.07) is 3.63. The second-order valence-corrected chi connectivity index (χ2v) is 6.22. The van der Waals surface area contributed by atoms with Crippen LogP contribution in [-0.4, -0.2) is 26.8 Å². The fraction of sp³-hybridized carbons (Fsp3) is 0.400. The van der Waals surface area contributed by atoms with Crippen LogP contribution in [0, 0.1) is 13.8 Å². The van der Waals surface area contributed by atoms with Crippen LogP contribution in [-0.2, 0) is 23.1 Å². The monoisotopic (exact) mass is 328 g/mol. The maximum atomic E-state index is 12.2. The minimum Gasteiger partial charge on any atom is -0.463 e. The van der Waals surface area contributed by atoms with Crippen molar-refractivity contribution in [3.05, 3.63) is 34.9 Å². The minimum atomic E-state index is -3.69. The van der Waals surface area contributed by atoms with E-state index in [-0.39, 0.29) is 0 Å². The SMILES string of the molecule is CCOC(=O)/C=C/c1ccc(C)c(C)c1OP(=O)(OC)OC. The van der Waals surface area contributed by atoms with E-state index < -0.39 is 13.8 Å². The molecule has 0 saturated heterocycles. The third kappa shape index (κ3) is 4.70. The minimum absolute atomic E-state index is 0.294. The first kappa shape index (κ1) is 18.4. The Bertz CT molecular complexity index is 600. The molecule has 0 saturated carbocycles. The molecule has 0 aliphatic heterocycles. The van der Waals surface area contributed by atoms with Gasteiger partial charge in [-0.25, -0.2) is 9.36 Å². The molecule has 0 unspecified atom stereocenters. The summed E-state index contributed by atoms with van der Waals surface area (Å²) in [6.07, 6.45) is 2.82. The lowest BCUT2D eigenvalue weighted by Gasteiger charge is -2.18. The summed E-state index contributed by atoms with van der Waals surface area (Å²) in [4.78, 5) is 11.4. The molecule has 1 rings (SSSR count). The van der Waals surface area contributed by atoms with E-state index in [9.17, 15) is 9.36 Å². The summed E-state index contributed by atoms with van der Waals surface area (Å²) in [6.45, 7) is 5.74. The average molecular weight is 328 g/mol. The molecule has 0 atom stereocenters. The van der Waals surface area contributed by atoms with E-state index in [2.05, 4.69) is 0 Å². The summed E-state index contributed by atoms with van der Waals surface area (Å²) in [7, 11) is -1.21. The molecular formula is C15H21O6P. The Labute approximate surface area is 130 Å². The summed E-state index contributed by atoms with van der Waals surface area (Å²) in [5, 5.41) is 0. The fourth-order valence-corrected chi connectivity index (χ4v) is 2.44. The Morgan fingerprint density at radius 1 is 1.23 bits per heavy atom. The van der Waals surface area contributed by atoms with Crippen LogP contribution in [0.4, 0.5) is 0 Å². The summed E-state index contributed by atoms with van der Waals surface area (Å²) in [5.74, 6) is -0.124. The number of esters is 1. The third-order valence-corrected chi connectivity index (χ3v) is 4.34. The quantitative estimate of drug-likeness (QED) is 0.432. The van der Waals surface area contributed by atoms with Crippen LogP contribution in [0.1, 0.15) is 23.6 Å². The molecule has 122 valence electrons. The number of phosphoric ester groups is 1. The van der Waals surface area contributed by atoms with Crippen LogP contribution in [0.2, 0.25) is 0 Å². The molecule has 0 aromatic heterocycles. The molecular weight excluding hydrogens is 307 g/mol. The van der Waals surface area contributed by atoms with Crippen molar-refractivity contribution in [3.63, 3.8) is 0 Å². The highest BCUT2D eigenvalue weighted by Crippen LogP contribution is 2.49. The Morgan fingerprint density at radius 3 is 2.41 bits per heavy atom. The van der Waals surface area contributed by atoms with Crippen molar-refractivity contribution >= 4 is 19.9 Å². The predicted molar refractivity (Wildman–Crippen MR) is 83.8 cm³/mol.